The van der Waals surface area contributed by atoms with Gasteiger partial charge in [0, 0.05) is 18.5 Å². The molecule has 5 heteroatoms. The molecule has 0 N–H and O–H groups in total. The average Bonchev–Trinajstić information content (AvgIpc) is 3.03. The summed E-state index contributed by atoms with van der Waals surface area (Å²) in [4.78, 5) is 0. The Morgan fingerprint density at radius 3 is 2.54 bits per heavy atom. The molecule has 0 bridgehead atoms. The second kappa shape index (κ2) is 7.42. The van der Waals surface area contributed by atoms with Crippen molar-refractivity contribution in [2.24, 2.45) is 0 Å². The van der Waals surface area contributed by atoms with Gasteiger partial charge in [0.15, 0.2) is 5.69 Å². The van der Waals surface area contributed by atoms with Crippen LogP contribution in [0.5, 0.6) is 5.75 Å². The van der Waals surface area contributed by atoms with E-state index in [1.807, 2.05) is 61.5 Å². The number of nitrogens with zero attached hydrogens (tertiary/aromatic N) is 4. The number of aryl methyl sites for hydroxylation is 2. The van der Waals surface area contributed by atoms with Crippen LogP contribution in [0.3, 0.4) is 0 Å². The Kier molecular flexibility index (Phi) is 4.87. The number of ether oxygens (including phenoxy) is 1. The second-order valence-electron chi connectivity index (χ2n) is 5.50. The summed E-state index contributed by atoms with van der Waals surface area (Å²) in [5, 5.41) is 17.4. The van der Waals surface area contributed by atoms with Crippen molar-refractivity contribution < 1.29 is 4.74 Å². The lowest BCUT2D eigenvalue weighted by atomic mass is 10.1. The highest BCUT2D eigenvalue weighted by atomic mass is 16.5. The zero-order valence-electron chi connectivity index (χ0n) is 13.5. The molecule has 1 heterocycles. The van der Waals surface area contributed by atoms with Gasteiger partial charge in [0.05, 0.1) is 6.61 Å². The largest absolute Gasteiger partial charge is 0.494 e. The number of nitriles is 1. The summed E-state index contributed by atoms with van der Waals surface area (Å²) in [6.07, 6.45) is 0.780. The minimum atomic E-state index is 0.350. The molecule has 0 saturated carbocycles. The van der Waals surface area contributed by atoms with E-state index in [4.69, 9.17) is 4.74 Å². The molecule has 3 rings (SSSR count). The Balaban J connectivity index is 1.69. The molecule has 0 spiro atoms. The van der Waals surface area contributed by atoms with E-state index in [0.717, 1.165) is 23.4 Å². The smallest absolute Gasteiger partial charge is 0.190 e. The zero-order valence-corrected chi connectivity index (χ0v) is 13.5. The first kappa shape index (κ1) is 15.8. The fraction of sp³-hybridized carbons (Fsp3) is 0.211. The third kappa shape index (κ3) is 3.61. The van der Waals surface area contributed by atoms with Gasteiger partial charge in [0.25, 0.3) is 0 Å². The molecule has 2 aromatic carbocycles. The van der Waals surface area contributed by atoms with E-state index >= 15 is 0 Å². The molecule has 24 heavy (non-hydrogen) atoms. The van der Waals surface area contributed by atoms with Gasteiger partial charge in [-0.3, -0.25) is 0 Å². The average molecular weight is 318 g/mol. The highest BCUT2D eigenvalue weighted by molar-refractivity contribution is 5.65. The van der Waals surface area contributed by atoms with E-state index < -0.39 is 0 Å². The summed E-state index contributed by atoms with van der Waals surface area (Å²) < 4.78 is 7.47. The van der Waals surface area contributed by atoms with Gasteiger partial charge in [-0.25, -0.2) is 4.68 Å². The van der Waals surface area contributed by atoms with Crippen molar-refractivity contribution in [2.45, 2.75) is 19.9 Å². The molecule has 3 aromatic rings. The summed E-state index contributed by atoms with van der Waals surface area (Å²) in [5.41, 5.74) is 3.23. The van der Waals surface area contributed by atoms with Crippen LogP contribution in [0.2, 0.25) is 0 Å². The van der Waals surface area contributed by atoms with Crippen LogP contribution in [-0.2, 0) is 6.54 Å². The lowest BCUT2D eigenvalue weighted by Gasteiger charge is -2.08. The number of aromatic nitrogens is 3. The molecule has 0 unspecified atom stereocenters. The highest BCUT2D eigenvalue weighted by Crippen LogP contribution is 2.22. The van der Waals surface area contributed by atoms with Crippen molar-refractivity contribution >= 4 is 0 Å². The molecule has 1 aromatic heterocycles. The van der Waals surface area contributed by atoms with Crippen molar-refractivity contribution in [1.29, 1.82) is 5.26 Å². The predicted molar refractivity (Wildman–Crippen MR) is 91.5 cm³/mol. The first-order valence-electron chi connectivity index (χ1n) is 7.86. The van der Waals surface area contributed by atoms with Crippen molar-refractivity contribution in [2.75, 3.05) is 6.61 Å². The van der Waals surface area contributed by atoms with Gasteiger partial charge < -0.3 is 4.74 Å². The van der Waals surface area contributed by atoms with Crippen LogP contribution in [0.4, 0.5) is 0 Å². The first-order valence-corrected chi connectivity index (χ1v) is 7.86. The van der Waals surface area contributed by atoms with Gasteiger partial charge in [-0.2, -0.15) is 5.26 Å². The number of rotatable bonds is 6. The SMILES string of the molecule is Cc1ccc(-c2c(C#N)nnn2CCCOc2ccccc2)cc1. The number of hydrogen-bond donors (Lipinski definition) is 0. The van der Waals surface area contributed by atoms with Crippen LogP contribution >= 0.6 is 0 Å². The van der Waals surface area contributed by atoms with Gasteiger partial charge in [-0.1, -0.05) is 53.2 Å². The monoisotopic (exact) mass is 318 g/mol. The maximum atomic E-state index is 9.28. The molecular weight excluding hydrogens is 300 g/mol. The van der Waals surface area contributed by atoms with Crippen molar-refractivity contribution in [3.8, 4) is 23.1 Å². The Morgan fingerprint density at radius 2 is 1.83 bits per heavy atom. The standard InChI is InChI=1S/C19H18N4O/c1-15-8-10-16(11-9-15)19-18(14-20)21-22-23(19)12-5-13-24-17-6-3-2-4-7-17/h2-4,6-11H,5,12-13H2,1H3. The minimum Gasteiger partial charge on any atom is -0.494 e. The highest BCUT2D eigenvalue weighted by Gasteiger charge is 2.14. The zero-order chi connectivity index (χ0) is 16.8. The molecule has 0 atom stereocenters. The van der Waals surface area contributed by atoms with Crippen molar-refractivity contribution in [3.05, 3.63) is 65.9 Å². The Hall–Kier alpha value is -3.13. The fourth-order valence-corrected chi connectivity index (χ4v) is 2.46. The Bertz CT molecular complexity index is 832. The van der Waals surface area contributed by atoms with Crippen LogP contribution < -0.4 is 4.74 Å². The quantitative estimate of drug-likeness (QED) is 0.652. The maximum absolute atomic E-state index is 9.28. The molecule has 0 aliphatic carbocycles. The fourth-order valence-electron chi connectivity index (χ4n) is 2.46. The normalized spacial score (nSPS) is 10.3. The van der Waals surface area contributed by atoms with Crippen LogP contribution in [0.1, 0.15) is 17.7 Å². The van der Waals surface area contributed by atoms with E-state index in [9.17, 15) is 5.26 Å². The van der Waals surface area contributed by atoms with Crippen LogP contribution in [-0.4, -0.2) is 21.6 Å². The minimum absolute atomic E-state index is 0.350. The van der Waals surface area contributed by atoms with E-state index in [0.29, 0.717) is 18.8 Å². The lowest BCUT2D eigenvalue weighted by Crippen LogP contribution is -2.07. The number of para-hydroxylation sites is 1. The number of benzene rings is 2. The van der Waals surface area contributed by atoms with Crippen LogP contribution in [0, 0.1) is 18.3 Å². The molecule has 5 nitrogen and oxygen atoms in total. The summed E-state index contributed by atoms with van der Waals surface area (Å²) in [6.45, 7) is 3.26. The van der Waals surface area contributed by atoms with Crippen LogP contribution in [0.25, 0.3) is 11.3 Å². The molecular formula is C19H18N4O. The summed E-state index contributed by atoms with van der Waals surface area (Å²) >= 11 is 0. The molecule has 120 valence electrons. The molecule has 0 aliphatic rings. The Labute approximate surface area is 141 Å². The van der Waals surface area contributed by atoms with E-state index in [-0.39, 0.29) is 0 Å². The predicted octanol–water partition coefficient (Wildman–Crippen LogP) is 3.59. The third-order valence-corrected chi connectivity index (χ3v) is 3.69. The van der Waals surface area contributed by atoms with E-state index in [1.54, 1.807) is 4.68 Å². The maximum Gasteiger partial charge on any atom is 0.190 e. The molecule has 0 radical (unpaired) electrons. The number of hydrogen-bond acceptors (Lipinski definition) is 4. The summed E-state index contributed by atoms with van der Waals surface area (Å²) in [5.74, 6) is 0.854. The first-order chi connectivity index (χ1) is 11.8. The van der Waals surface area contributed by atoms with Crippen LogP contribution in [0.15, 0.2) is 54.6 Å². The lowest BCUT2D eigenvalue weighted by molar-refractivity contribution is 0.298. The van der Waals surface area contributed by atoms with Gasteiger partial charge in [0.1, 0.15) is 17.5 Å². The summed E-state index contributed by atoms with van der Waals surface area (Å²) in [7, 11) is 0. The molecule has 0 fully saturated rings. The Morgan fingerprint density at radius 1 is 1.08 bits per heavy atom. The molecule has 0 aliphatic heterocycles. The van der Waals surface area contributed by atoms with Gasteiger partial charge in [-0.15, -0.1) is 5.10 Å². The second-order valence-corrected chi connectivity index (χ2v) is 5.50. The van der Waals surface area contributed by atoms with Gasteiger partial charge >= 0.3 is 0 Å². The van der Waals surface area contributed by atoms with Gasteiger partial charge in [-0.05, 0) is 19.1 Å². The van der Waals surface area contributed by atoms with E-state index in [1.165, 1.54) is 5.56 Å². The van der Waals surface area contributed by atoms with E-state index in [2.05, 4.69) is 16.4 Å². The topological polar surface area (TPSA) is 63.7 Å². The third-order valence-electron chi connectivity index (χ3n) is 3.69. The van der Waals surface area contributed by atoms with Crippen molar-refractivity contribution in [3.63, 3.8) is 0 Å². The molecule has 0 saturated heterocycles. The molecule has 0 amide bonds. The summed E-state index contributed by atoms with van der Waals surface area (Å²) in [6, 6.07) is 19.9. The van der Waals surface area contributed by atoms with Crippen molar-refractivity contribution in [1.82, 2.24) is 15.0 Å². The van der Waals surface area contributed by atoms with Gasteiger partial charge in [0.2, 0.25) is 0 Å².